The number of carbonyl (C=O) groups excluding carboxylic acids is 2. The minimum absolute atomic E-state index is 0.0426. The van der Waals surface area contributed by atoms with Gasteiger partial charge in [0.05, 0.1) is 17.7 Å². The molecular formula is C18H28N2O3S. The fourth-order valence-corrected chi connectivity index (χ4v) is 4.11. The number of hydrogen-bond donors (Lipinski definition) is 2. The molecule has 1 aromatic heterocycles. The average molecular weight is 353 g/mol. The maximum Gasteiger partial charge on any atom is 0.220 e. The molecule has 0 unspecified atom stereocenters. The van der Waals surface area contributed by atoms with Crippen LogP contribution < -0.4 is 5.32 Å². The molecular weight excluding hydrogens is 324 g/mol. The fraction of sp³-hybridized carbons (Fsp3) is 0.667. The minimum atomic E-state index is -1.06. The van der Waals surface area contributed by atoms with Crippen molar-refractivity contribution in [3.8, 4) is 0 Å². The van der Waals surface area contributed by atoms with Crippen LogP contribution in [0.5, 0.6) is 0 Å². The first-order valence-electron chi connectivity index (χ1n) is 8.34. The highest BCUT2D eigenvalue weighted by Crippen LogP contribution is 2.39. The van der Waals surface area contributed by atoms with E-state index in [9.17, 15) is 14.7 Å². The van der Waals surface area contributed by atoms with Gasteiger partial charge in [-0.1, -0.05) is 26.8 Å². The van der Waals surface area contributed by atoms with Crippen LogP contribution in [0.4, 0.5) is 0 Å². The van der Waals surface area contributed by atoms with Crippen LogP contribution in [0.3, 0.4) is 0 Å². The van der Waals surface area contributed by atoms with Crippen LogP contribution in [0.2, 0.25) is 0 Å². The molecule has 0 aliphatic carbocycles. The van der Waals surface area contributed by atoms with E-state index in [2.05, 4.69) is 5.32 Å². The largest absolute Gasteiger partial charge is 0.388 e. The highest BCUT2D eigenvalue weighted by atomic mass is 32.1. The summed E-state index contributed by atoms with van der Waals surface area (Å²) in [5, 5.41) is 15.9. The van der Waals surface area contributed by atoms with Crippen molar-refractivity contribution >= 4 is 23.2 Å². The Kier molecular flexibility index (Phi) is 5.40. The average Bonchev–Trinajstić information content (AvgIpc) is 2.91. The monoisotopic (exact) mass is 352 g/mol. The van der Waals surface area contributed by atoms with E-state index in [0.717, 1.165) is 4.88 Å². The SMILES string of the molecule is CC(=O)N1CC[C@@](C)(O)[C@@H](NC(=O)CC(C)(C)C)[C@@H]1c1cccs1. The molecule has 2 N–H and O–H groups in total. The van der Waals surface area contributed by atoms with Crippen molar-refractivity contribution in [2.75, 3.05) is 6.54 Å². The van der Waals surface area contributed by atoms with Crippen LogP contribution in [-0.4, -0.2) is 40.0 Å². The van der Waals surface area contributed by atoms with E-state index < -0.39 is 11.6 Å². The van der Waals surface area contributed by atoms with Crippen molar-refractivity contribution in [1.29, 1.82) is 0 Å². The standard InChI is InChI=1S/C18H28N2O3S/c1-12(21)20-9-8-18(5,23)16(15(20)13-7-6-10-24-13)19-14(22)11-17(2,3)4/h6-7,10,15-16,23H,8-9,11H2,1-5H3,(H,19,22)/t15-,16-,18+/m0/s1. The molecule has 1 aliphatic rings. The zero-order chi connectivity index (χ0) is 18.1. The number of thiophene rings is 1. The molecule has 1 saturated heterocycles. The van der Waals surface area contributed by atoms with Gasteiger partial charge in [0.25, 0.3) is 0 Å². The Morgan fingerprint density at radius 3 is 2.62 bits per heavy atom. The normalized spacial score (nSPS) is 27.8. The van der Waals surface area contributed by atoms with E-state index in [1.54, 1.807) is 11.8 Å². The Morgan fingerprint density at radius 2 is 2.12 bits per heavy atom. The Hall–Kier alpha value is -1.40. The molecule has 3 atom stereocenters. The van der Waals surface area contributed by atoms with Crippen molar-refractivity contribution in [3.05, 3.63) is 22.4 Å². The van der Waals surface area contributed by atoms with Crippen LogP contribution >= 0.6 is 11.3 Å². The van der Waals surface area contributed by atoms with E-state index >= 15 is 0 Å². The van der Waals surface area contributed by atoms with Crippen molar-refractivity contribution in [1.82, 2.24) is 10.2 Å². The maximum absolute atomic E-state index is 12.5. The first kappa shape index (κ1) is 18.9. The molecule has 2 rings (SSSR count). The summed E-state index contributed by atoms with van der Waals surface area (Å²) in [7, 11) is 0. The van der Waals surface area contributed by atoms with Gasteiger partial charge in [-0.05, 0) is 30.2 Å². The van der Waals surface area contributed by atoms with Gasteiger partial charge in [0.2, 0.25) is 11.8 Å². The zero-order valence-electron chi connectivity index (χ0n) is 15.1. The topological polar surface area (TPSA) is 69.6 Å². The molecule has 6 heteroatoms. The summed E-state index contributed by atoms with van der Waals surface area (Å²) in [5.74, 6) is -0.140. The summed E-state index contributed by atoms with van der Waals surface area (Å²) in [6.45, 7) is 9.77. The Bertz CT molecular complexity index is 590. The molecule has 0 radical (unpaired) electrons. The number of hydrogen-bond acceptors (Lipinski definition) is 4. The van der Waals surface area contributed by atoms with Gasteiger partial charge in [-0.3, -0.25) is 9.59 Å². The summed E-state index contributed by atoms with van der Waals surface area (Å²) < 4.78 is 0. The van der Waals surface area contributed by atoms with Crippen LogP contribution in [0, 0.1) is 5.41 Å². The summed E-state index contributed by atoms with van der Waals surface area (Å²) in [6, 6.07) is 3.02. The molecule has 24 heavy (non-hydrogen) atoms. The number of rotatable bonds is 3. The number of piperidine rings is 1. The molecule has 134 valence electrons. The third-order valence-electron chi connectivity index (χ3n) is 4.43. The van der Waals surface area contributed by atoms with E-state index in [0.29, 0.717) is 19.4 Å². The van der Waals surface area contributed by atoms with E-state index in [-0.39, 0.29) is 23.3 Å². The fourth-order valence-electron chi connectivity index (χ4n) is 3.23. The number of likely N-dealkylation sites (tertiary alicyclic amines) is 1. The summed E-state index contributed by atoms with van der Waals surface area (Å²) in [4.78, 5) is 27.3. The second-order valence-corrected chi connectivity index (χ2v) is 9.04. The molecule has 0 spiro atoms. The molecule has 5 nitrogen and oxygen atoms in total. The van der Waals surface area contributed by atoms with Gasteiger partial charge in [-0.2, -0.15) is 0 Å². The maximum atomic E-state index is 12.5. The van der Waals surface area contributed by atoms with E-state index in [1.165, 1.54) is 18.3 Å². The second-order valence-electron chi connectivity index (χ2n) is 8.06. The van der Waals surface area contributed by atoms with Crippen molar-refractivity contribution in [2.45, 2.75) is 65.1 Å². The molecule has 0 saturated carbocycles. The van der Waals surface area contributed by atoms with Crippen LogP contribution in [-0.2, 0) is 9.59 Å². The Labute approximate surface area is 148 Å². The van der Waals surface area contributed by atoms with E-state index in [4.69, 9.17) is 0 Å². The highest BCUT2D eigenvalue weighted by Gasteiger charge is 2.47. The third-order valence-corrected chi connectivity index (χ3v) is 5.37. The van der Waals surface area contributed by atoms with Crippen LogP contribution in [0.15, 0.2) is 17.5 Å². The van der Waals surface area contributed by atoms with Gasteiger partial charge in [0, 0.05) is 24.8 Å². The number of amides is 2. The summed E-state index contributed by atoms with van der Waals surface area (Å²) in [6.07, 6.45) is 0.811. The predicted molar refractivity (Wildman–Crippen MR) is 95.7 cm³/mol. The lowest BCUT2D eigenvalue weighted by Gasteiger charge is -2.48. The van der Waals surface area contributed by atoms with Crippen LogP contribution in [0.25, 0.3) is 0 Å². The Balaban J connectivity index is 2.33. The van der Waals surface area contributed by atoms with Crippen molar-refractivity contribution in [3.63, 3.8) is 0 Å². The van der Waals surface area contributed by atoms with Gasteiger partial charge in [-0.25, -0.2) is 0 Å². The van der Waals surface area contributed by atoms with Crippen LogP contribution in [0.1, 0.15) is 58.4 Å². The van der Waals surface area contributed by atoms with Crippen molar-refractivity contribution in [2.24, 2.45) is 5.41 Å². The number of aliphatic hydroxyl groups is 1. The lowest BCUT2D eigenvalue weighted by atomic mass is 9.81. The highest BCUT2D eigenvalue weighted by molar-refractivity contribution is 7.10. The first-order chi connectivity index (χ1) is 11.0. The molecule has 2 heterocycles. The molecule has 1 fully saturated rings. The summed E-state index contributed by atoms with van der Waals surface area (Å²) in [5.41, 5.74) is -1.20. The summed E-state index contributed by atoms with van der Waals surface area (Å²) >= 11 is 1.54. The van der Waals surface area contributed by atoms with E-state index in [1.807, 2.05) is 38.3 Å². The minimum Gasteiger partial charge on any atom is -0.388 e. The third kappa shape index (κ3) is 4.36. The van der Waals surface area contributed by atoms with Gasteiger partial charge in [0.1, 0.15) is 0 Å². The smallest absolute Gasteiger partial charge is 0.220 e. The first-order valence-corrected chi connectivity index (χ1v) is 9.21. The number of nitrogens with zero attached hydrogens (tertiary/aromatic N) is 1. The lowest BCUT2D eigenvalue weighted by molar-refractivity contribution is -0.144. The predicted octanol–water partition coefficient (Wildman–Crippen LogP) is 2.71. The number of nitrogens with one attached hydrogen (secondary N) is 1. The molecule has 2 amide bonds. The van der Waals surface area contributed by atoms with Gasteiger partial charge in [-0.15, -0.1) is 11.3 Å². The molecule has 0 aromatic carbocycles. The molecule has 1 aromatic rings. The lowest BCUT2D eigenvalue weighted by Crippen LogP contribution is -2.63. The van der Waals surface area contributed by atoms with Gasteiger partial charge >= 0.3 is 0 Å². The quantitative estimate of drug-likeness (QED) is 0.879. The van der Waals surface area contributed by atoms with Gasteiger partial charge < -0.3 is 15.3 Å². The zero-order valence-corrected chi connectivity index (χ0v) is 15.9. The Morgan fingerprint density at radius 1 is 1.46 bits per heavy atom. The molecule has 1 aliphatic heterocycles. The second kappa shape index (κ2) is 6.84. The number of carbonyl (C=O) groups is 2. The van der Waals surface area contributed by atoms with Crippen molar-refractivity contribution < 1.29 is 14.7 Å². The molecule has 0 bridgehead atoms. The van der Waals surface area contributed by atoms with Gasteiger partial charge in [0.15, 0.2) is 0 Å².